The number of nitrogens with zero attached hydrogens (tertiary/aromatic N) is 2. The van der Waals surface area contributed by atoms with Crippen molar-refractivity contribution in [3.05, 3.63) is 40.8 Å². The predicted octanol–water partition coefficient (Wildman–Crippen LogP) is 3.64. The molecule has 144 valence electrons. The molecular formula is C19H23BrN4O3. The summed E-state index contributed by atoms with van der Waals surface area (Å²) in [5.41, 5.74) is 1.95. The zero-order valence-corrected chi connectivity index (χ0v) is 17.0. The van der Waals surface area contributed by atoms with Gasteiger partial charge in [0.05, 0.1) is 25.0 Å². The first-order valence-electron chi connectivity index (χ1n) is 8.95. The van der Waals surface area contributed by atoms with Crippen molar-refractivity contribution in [3.8, 4) is 11.3 Å². The zero-order valence-electron chi connectivity index (χ0n) is 15.4. The summed E-state index contributed by atoms with van der Waals surface area (Å²) in [4.78, 5) is 34.0. The molecule has 1 aliphatic heterocycles. The summed E-state index contributed by atoms with van der Waals surface area (Å²) in [7, 11) is 1.28. The topological polar surface area (TPSA) is 87.3 Å². The Bertz CT molecular complexity index is 806. The summed E-state index contributed by atoms with van der Waals surface area (Å²) in [6, 6.07) is 7.19. The molecule has 0 spiro atoms. The van der Waals surface area contributed by atoms with Gasteiger partial charge in [-0.25, -0.2) is 9.78 Å². The van der Waals surface area contributed by atoms with E-state index < -0.39 is 12.1 Å². The van der Waals surface area contributed by atoms with Crippen LogP contribution >= 0.6 is 15.9 Å². The van der Waals surface area contributed by atoms with Gasteiger partial charge in [-0.15, -0.1) is 0 Å². The van der Waals surface area contributed by atoms with Crippen LogP contribution < -0.4 is 5.32 Å². The second-order valence-electron chi connectivity index (χ2n) is 6.59. The monoisotopic (exact) mass is 434 g/mol. The maximum absolute atomic E-state index is 12.9. The molecule has 2 aromatic rings. The van der Waals surface area contributed by atoms with E-state index in [4.69, 9.17) is 0 Å². The molecule has 3 rings (SSSR count). The van der Waals surface area contributed by atoms with Gasteiger partial charge in [-0.2, -0.15) is 0 Å². The fourth-order valence-electron chi connectivity index (χ4n) is 3.31. The van der Waals surface area contributed by atoms with Gasteiger partial charge >= 0.3 is 6.09 Å². The fourth-order valence-corrected chi connectivity index (χ4v) is 3.57. The largest absolute Gasteiger partial charge is 0.453 e. The van der Waals surface area contributed by atoms with Crippen molar-refractivity contribution in [3.63, 3.8) is 0 Å². The number of likely N-dealkylation sites (tertiary alicyclic amines) is 1. The third kappa shape index (κ3) is 4.50. The van der Waals surface area contributed by atoms with Crippen LogP contribution in [0.4, 0.5) is 4.79 Å². The van der Waals surface area contributed by atoms with Gasteiger partial charge in [0.1, 0.15) is 11.9 Å². The molecule has 1 unspecified atom stereocenters. The van der Waals surface area contributed by atoms with Gasteiger partial charge in [0.25, 0.3) is 0 Å². The molecule has 2 atom stereocenters. The SMILES string of the molecule is COC(=O)NC(C)C(=O)N1CCCC[C@H]1c1ncc(-c2ccc(Br)cc2)[nH]1. The van der Waals surface area contributed by atoms with Gasteiger partial charge in [-0.1, -0.05) is 28.1 Å². The Morgan fingerprint density at radius 2 is 2.07 bits per heavy atom. The van der Waals surface area contributed by atoms with Crippen LogP contribution in [-0.4, -0.2) is 46.6 Å². The van der Waals surface area contributed by atoms with E-state index in [1.54, 1.807) is 18.0 Å². The summed E-state index contributed by atoms with van der Waals surface area (Å²) < 4.78 is 5.60. The standard InChI is InChI=1S/C19H23BrN4O3/c1-12(22-19(26)27-2)18(25)24-10-4-3-5-16(24)17-21-11-15(23-17)13-6-8-14(20)9-7-13/h6-9,11-12,16H,3-5,10H2,1-2H3,(H,21,23)(H,22,26)/t12?,16-/m0/s1. The van der Waals surface area contributed by atoms with Gasteiger partial charge in [0.15, 0.2) is 0 Å². The molecule has 1 aromatic carbocycles. The number of hydrogen-bond acceptors (Lipinski definition) is 4. The van der Waals surface area contributed by atoms with E-state index in [1.165, 1.54) is 7.11 Å². The molecular weight excluding hydrogens is 412 g/mol. The van der Waals surface area contributed by atoms with Gasteiger partial charge in [-0.05, 0) is 43.9 Å². The van der Waals surface area contributed by atoms with E-state index in [9.17, 15) is 9.59 Å². The number of nitrogens with one attached hydrogen (secondary N) is 2. The first-order valence-corrected chi connectivity index (χ1v) is 9.74. The van der Waals surface area contributed by atoms with Crippen LogP contribution in [0.5, 0.6) is 0 Å². The second-order valence-corrected chi connectivity index (χ2v) is 7.51. The van der Waals surface area contributed by atoms with Crippen LogP contribution in [-0.2, 0) is 9.53 Å². The minimum absolute atomic E-state index is 0.127. The number of rotatable bonds is 4. The highest BCUT2D eigenvalue weighted by Crippen LogP contribution is 2.31. The molecule has 7 nitrogen and oxygen atoms in total. The first-order chi connectivity index (χ1) is 13.0. The van der Waals surface area contributed by atoms with Gasteiger partial charge in [0, 0.05) is 11.0 Å². The Morgan fingerprint density at radius 3 is 2.78 bits per heavy atom. The lowest BCUT2D eigenvalue weighted by molar-refractivity contribution is -0.137. The number of methoxy groups -OCH3 is 1. The third-order valence-electron chi connectivity index (χ3n) is 4.74. The lowest BCUT2D eigenvalue weighted by Gasteiger charge is -2.36. The van der Waals surface area contributed by atoms with Crippen LogP contribution in [0.15, 0.2) is 34.9 Å². The first kappa shape index (κ1) is 19.4. The van der Waals surface area contributed by atoms with Crippen LogP contribution in [0.1, 0.15) is 38.1 Å². The number of carbonyl (C=O) groups is 2. The zero-order chi connectivity index (χ0) is 19.4. The average Bonchev–Trinajstić information content (AvgIpc) is 3.17. The van der Waals surface area contributed by atoms with E-state index in [-0.39, 0.29) is 11.9 Å². The Labute approximate surface area is 166 Å². The maximum atomic E-state index is 12.9. The number of halogens is 1. The number of amides is 2. The third-order valence-corrected chi connectivity index (χ3v) is 5.27. The number of ether oxygens (including phenoxy) is 1. The number of piperidine rings is 1. The minimum Gasteiger partial charge on any atom is -0.453 e. The second kappa shape index (κ2) is 8.56. The molecule has 2 heterocycles. The predicted molar refractivity (Wildman–Crippen MR) is 105 cm³/mol. The molecule has 1 aromatic heterocycles. The average molecular weight is 435 g/mol. The lowest BCUT2D eigenvalue weighted by atomic mass is 10.0. The van der Waals surface area contributed by atoms with Crippen LogP contribution in [0.2, 0.25) is 0 Å². The molecule has 1 fully saturated rings. The number of imidazole rings is 1. The Hall–Kier alpha value is -2.35. The smallest absolute Gasteiger partial charge is 0.407 e. The number of aromatic nitrogens is 2. The Morgan fingerprint density at radius 1 is 1.33 bits per heavy atom. The van der Waals surface area contributed by atoms with Crippen molar-refractivity contribution >= 4 is 27.9 Å². The Balaban J connectivity index is 1.78. The fraction of sp³-hybridized carbons (Fsp3) is 0.421. The van der Waals surface area contributed by atoms with Crippen molar-refractivity contribution in [1.29, 1.82) is 0 Å². The summed E-state index contributed by atoms with van der Waals surface area (Å²) in [5, 5.41) is 2.55. The van der Waals surface area contributed by atoms with E-state index in [0.29, 0.717) is 6.54 Å². The number of alkyl carbamates (subject to hydrolysis) is 1. The maximum Gasteiger partial charge on any atom is 0.407 e. The molecule has 8 heteroatoms. The van der Waals surface area contributed by atoms with E-state index in [0.717, 1.165) is 40.8 Å². The molecule has 1 aliphatic rings. The number of benzene rings is 1. The van der Waals surface area contributed by atoms with Gasteiger partial charge in [0.2, 0.25) is 5.91 Å². The van der Waals surface area contributed by atoms with Crippen molar-refractivity contribution in [2.45, 2.75) is 38.3 Å². The van der Waals surface area contributed by atoms with Crippen molar-refractivity contribution in [2.75, 3.05) is 13.7 Å². The van der Waals surface area contributed by atoms with Crippen molar-refractivity contribution in [1.82, 2.24) is 20.2 Å². The van der Waals surface area contributed by atoms with Crippen LogP contribution in [0, 0.1) is 0 Å². The van der Waals surface area contributed by atoms with E-state index >= 15 is 0 Å². The normalized spacial score (nSPS) is 18.0. The summed E-state index contributed by atoms with van der Waals surface area (Å²) in [6.45, 7) is 2.31. The number of aromatic amines is 1. The van der Waals surface area contributed by atoms with Crippen molar-refractivity contribution in [2.24, 2.45) is 0 Å². The number of carbonyl (C=O) groups excluding carboxylic acids is 2. The number of hydrogen-bond donors (Lipinski definition) is 2. The molecule has 27 heavy (non-hydrogen) atoms. The van der Waals surface area contributed by atoms with Crippen molar-refractivity contribution < 1.29 is 14.3 Å². The van der Waals surface area contributed by atoms with Gasteiger partial charge in [-0.3, -0.25) is 4.79 Å². The van der Waals surface area contributed by atoms with Crippen LogP contribution in [0.25, 0.3) is 11.3 Å². The quantitative estimate of drug-likeness (QED) is 0.768. The highest BCUT2D eigenvalue weighted by atomic mass is 79.9. The molecule has 2 amide bonds. The highest BCUT2D eigenvalue weighted by Gasteiger charge is 2.33. The Kier molecular flexibility index (Phi) is 6.15. The van der Waals surface area contributed by atoms with Gasteiger partial charge < -0.3 is 19.9 Å². The highest BCUT2D eigenvalue weighted by molar-refractivity contribution is 9.10. The molecule has 0 aliphatic carbocycles. The molecule has 2 N–H and O–H groups in total. The van der Waals surface area contributed by atoms with E-state index in [1.807, 2.05) is 24.3 Å². The lowest BCUT2D eigenvalue weighted by Crippen LogP contribution is -2.49. The summed E-state index contributed by atoms with van der Waals surface area (Å²) >= 11 is 3.44. The molecule has 0 bridgehead atoms. The molecule has 0 radical (unpaired) electrons. The molecule has 0 saturated carbocycles. The minimum atomic E-state index is -0.654. The number of H-pyrrole nitrogens is 1. The van der Waals surface area contributed by atoms with E-state index in [2.05, 4.69) is 36.0 Å². The molecule has 1 saturated heterocycles. The summed E-state index contributed by atoms with van der Waals surface area (Å²) in [5.74, 6) is 0.637. The summed E-state index contributed by atoms with van der Waals surface area (Å²) in [6.07, 6.45) is 3.99. The van der Waals surface area contributed by atoms with Crippen LogP contribution in [0.3, 0.4) is 0 Å².